The van der Waals surface area contributed by atoms with Gasteiger partial charge in [0.1, 0.15) is 12.4 Å². The molecule has 0 bridgehead atoms. The van der Waals surface area contributed by atoms with Gasteiger partial charge >= 0.3 is 6.09 Å². The highest BCUT2D eigenvalue weighted by Gasteiger charge is 2.35. The highest BCUT2D eigenvalue weighted by atomic mass is 16.6. The predicted octanol–water partition coefficient (Wildman–Crippen LogP) is 3.70. The van der Waals surface area contributed by atoms with Crippen LogP contribution in [0.15, 0.2) is 24.3 Å². The summed E-state index contributed by atoms with van der Waals surface area (Å²) in [5.74, 6) is 1.44. The van der Waals surface area contributed by atoms with Crippen molar-refractivity contribution in [3.05, 3.63) is 41.2 Å². The molecule has 1 aromatic heterocycles. The fraction of sp³-hybridized carbons (Fsp3) is 0.577. The molecule has 2 fully saturated rings. The van der Waals surface area contributed by atoms with Gasteiger partial charge in [-0.25, -0.2) is 9.69 Å². The number of aryl methyl sites for hydroxylation is 1. The topological polar surface area (TPSA) is 104 Å². The summed E-state index contributed by atoms with van der Waals surface area (Å²) in [6.45, 7) is 13.4. The Hall–Kier alpha value is -3.27. The largest absolute Gasteiger partial charge is 0.447 e. The molecule has 0 radical (unpaired) electrons. The lowest BCUT2D eigenvalue weighted by Gasteiger charge is -2.39. The van der Waals surface area contributed by atoms with Gasteiger partial charge in [0.25, 0.3) is 0 Å². The Kier molecular flexibility index (Phi) is 8.03. The number of ether oxygens (including phenoxy) is 1. The normalized spacial score (nSPS) is 20.2. The van der Waals surface area contributed by atoms with Gasteiger partial charge in [0.2, 0.25) is 17.8 Å². The van der Waals surface area contributed by atoms with E-state index in [0.717, 1.165) is 44.6 Å². The van der Waals surface area contributed by atoms with E-state index in [2.05, 4.69) is 63.3 Å². The molecule has 2 amide bonds. The smallest absolute Gasteiger partial charge is 0.417 e. The van der Waals surface area contributed by atoms with Crippen LogP contribution >= 0.6 is 0 Å². The molecule has 194 valence electrons. The van der Waals surface area contributed by atoms with Crippen LogP contribution in [0.5, 0.6) is 0 Å². The average Bonchev–Trinajstić information content (AvgIpc) is 3.25. The zero-order valence-electron chi connectivity index (χ0n) is 21.9. The molecule has 2 aliphatic rings. The molecule has 36 heavy (non-hydrogen) atoms. The van der Waals surface area contributed by atoms with Crippen LogP contribution in [0.2, 0.25) is 0 Å². The number of carbonyl (C=O) groups excluding carboxylic acids is 2. The summed E-state index contributed by atoms with van der Waals surface area (Å²) < 4.78 is 5.20. The van der Waals surface area contributed by atoms with E-state index in [1.807, 2.05) is 11.8 Å². The van der Waals surface area contributed by atoms with Crippen molar-refractivity contribution in [3.8, 4) is 0 Å². The third kappa shape index (κ3) is 5.59. The molecule has 1 aromatic carbocycles. The van der Waals surface area contributed by atoms with E-state index < -0.39 is 6.09 Å². The maximum atomic E-state index is 12.2. The molecule has 2 aromatic rings. The Morgan fingerprint density at radius 2 is 1.75 bits per heavy atom. The van der Waals surface area contributed by atoms with E-state index in [4.69, 9.17) is 4.74 Å². The van der Waals surface area contributed by atoms with Gasteiger partial charge in [0.15, 0.2) is 0 Å². The van der Waals surface area contributed by atoms with E-state index in [-0.39, 0.29) is 18.0 Å². The summed E-state index contributed by atoms with van der Waals surface area (Å²) in [6.07, 6.45) is 1.35. The molecule has 1 N–H and O–H groups in total. The number of aromatic nitrogens is 3. The average molecular weight is 496 g/mol. The minimum absolute atomic E-state index is 0.0413. The second kappa shape index (κ2) is 11.2. The number of amides is 2. The SMILES string of the molecule is CCC(c1ccc([C@H](C)Nc2nc(C)nc(N3C(=O)OC[C@@H]3CC)n2)cc1)N1CCN(C(C)=O)CC1. The Labute approximate surface area is 213 Å². The third-order valence-electron chi connectivity index (χ3n) is 7.14. The number of hydrogen-bond acceptors (Lipinski definition) is 8. The fourth-order valence-electron chi connectivity index (χ4n) is 4.98. The van der Waals surface area contributed by atoms with Crippen LogP contribution in [-0.2, 0) is 9.53 Å². The molecule has 0 aliphatic carbocycles. The first-order valence-electron chi connectivity index (χ1n) is 12.8. The van der Waals surface area contributed by atoms with Crippen molar-refractivity contribution in [2.24, 2.45) is 0 Å². The van der Waals surface area contributed by atoms with Crippen molar-refractivity contribution in [1.82, 2.24) is 24.8 Å². The molecule has 10 nitrogen and oxygen atoms in total. The molecule has 2 saturated heterocycles. The van der Waals surface area contributed by atoms with Crippen LogP contribution < -0.4 is 10.2 Å². The van der Waals surface area contributed by atoms with Crippen molar-refractivity contribution in [3.63, 3.8) is 0 Å². The molecular formula is C26H37N7O3. The van der Waals surface area contributed by atoms with Gasteiger partial charge in [-0.2, -0.15) is 15.0 Å². The van der Waals surface area contributed by atoms with E-state index in [0.29, 0.717) is 30.4 Å². The lowest BCUT2D eigenvalue weighted by Crippen LogP contribution is -2.49. The fourth-order valence-corrected chi connectivity index (χ4v) is 4.98. The van der Waals surface area contributed by atoms with Crippen LogP contribution in [0.4, 0.5) is 16.7 Å². The van der Waals surface area contributed by atoms with Crippen LogP contribution in [0.25, 0.3) is 0 Å². The van der Waals surface area contributed by atoms with Gasteiger partial charge in [0, 0.05) is 39.1 Å². The van der Waals surface area contributed by atoms with Crippen molar-refractivity contribution < 1.29 is 14.3 Å². The Morgan fingerprint density at radius 3 is 2.36 bits per heavy atom. The molecular weight excluding hydrogens is 458 g/mol. The molecule has 10 heteroatoms. The predicted molar refractivity (Wildman–Crippen MR) is 138 cm³/mol. The summed E-state index contributed by atoms with van der Waals surface area (Å²) in [7, 11) is 0. The molecule has 3 heterocycles. The number of nitrogens with zero attached hydrogens (tertiary/aromatic N) is 6. The van der Waals surface area contributed by atoms with Gasteiger partial charge in [-0.15, -0.1) is 0 Å². The van der Waals surface area contributed by atoms with Gasteiger partial charge in [-0.05, 0) is 37.8 Å². The Bertz CT molecular complexity index is 1070. The number of nitrogens with one attached hydrogen (secondary N) is 1. The van der Waals surface area contributed by atoms with Crippen molar-refractivity contribution >= 4 is 23.9 Å². The van der Waals surface area contributed by atoms with E-state index in [9.17, 15) is 9.59 Å². The zero-order chi connectivity index (χ0) is 25.8. The first-order chi connectivity index (χ1) is 17.3. The minimum atomic E-state index is -0.421. The Balaban J connectivity index is 1.44. The van der Waals surface area contributed by atoms with Crippen LogP contribution in [0.3, 0.4) is 0 Å². The third-order valence-corrected chi connectivity index (χ3v) is 7.14. The first-order valence-corrected chi connectivity index (χ1v) is 12.8. The first kappa shape index (κ1) is 25.8. The van der Waals surface area contributed by atoms with Gasteiger partial charge in [-0.1, -0.05) is 38.1 Å². The van der Waals surface area contributed by atoms with Crippen LogP contribution in [0.1, 0.15) is 69.6 Å². The number of benzene rings is 1. The monoisotopic (exact) mass is 495 g/mol. The highest BCUT2D eigenvalue weighted by molar-refractivity contribution is 5.88. The lowest BCUT2D eigenvalue weighted by atomic mass is 9.98. The molecule has 0 spiro atoms. The number of piperazine rings is 1. The number of cyclic esters (lactones) is 1. The van der Waals surface area contributed by atoms with Crippen molar-refractivity contribution in [2.45, 2.75) is 65.6 Å². The van der Waals surface area contributed by atoms with Crippen LogP contribution in [0, 0.1) is 6.92 Å². The number of hydrogen-bond donors (Lipinski definition) is 1. The maximum absolute atomic E-state index is 12.2. The number of rotatable bonds is 8. The standard InChI is InChI=1S/C26H37N7O3/c1-6-22-16-36-26(35)33(22)25-29-18(4)28-24(30-25)27-17(3)20-8-10-21(11-9-20)23(7-2)32-14-12-31(13-15-32)19(5)34/h8-11,17,22-23H,6-7,12-16H2,1-5H3,(H,27,28,29,30)/t17-,22-,23?/m0/s1. The number of carbonyl (C=O) groups is 2. The van der Waals surface area contributed by atoms with Crippen LogP contribution in [-0.4, -0.2) is 75.6 Å². The second-order valence-electron chi connectivity index (χ2n) is 9.51. The molecule has 3 atom stereocenters. The van der Waals surface area contributed by atoms with E-state index in [1.165, 1.54) is 10.5 Å². The summed E-state index contributed by atoms with van der Waals surface area (Å²) >= 11 is 0. The summed E-state index contributed by atoms with van der Waals surface area (Å²) in [6, 6.07) is 8.87. The highest BCUT2D eigenvalue weighted by Crippen LogP contribution is 2.28. The van der Waals surface area contributed by atoms with Gasteiger partial charge < -0.3 is 15.0 Å². The van der Waals surface area contributed by atoms with E-state index >= 15 is 0 Å². The maximum Gasteiger partial charge on any atom is 0.417 e. The van der Waals surface area contributed by atoms with Gasteiger partial charge in [0.05, 0.1) is 12.1 Å². The quantitative estimate of drug-likeness (QED) is 0.591. The van der Waals surface area contributed by atoms with Crippen molar-refractivity contribution in [1.29, 1.82) is 0 Å². The van der Waals surface area contributed by atoms with E-state index in [1.54, 1.807) is 13.8 Å². The Morgan fingerprint density at radius 1 is 1.08 bits per heavy atom. The zero-order valence-corrected chi connectivity index (χ0v) is 21.9. The summed E-state index contributed by atoms with van der Waals surface area (Å²) in [5, 5.41) is 3.36. The summed E-state index contributed by atoms with van der Waals surface area (Å²) in [5.41, 5.74) is 2.39. The minimum Gasteiger partial charge on any atom is -0.447 e. The van der Waals surface area contributed by atoms with Gasteiger partial charge in [-0.3, -0.25) is 9.69 Å². The molecule has 2 aliphatic heterocycles. The summed E-state index contributed by atoms with van der Waals surface area (Å²) in [4.78, 5) is 43.2. The second-order valence-corrected chi connectivity index (χ2v) is 9.51. The number of anilines is 2. The lowest BCUT2D eigenvalue weighted by molar-refractivity contribution is -0.130. The van der Waals surface area contributed by atoms with Crippen molar-refractivity contribution in [2.75, 3.05) is 43.0 Å². The molecule has 4 rings (SSSR count). The molecule has 0 saturated carbocycles. The molecule has 1 unspecified atom stereocenters.